The minimum absolute atomic E-state index is 0.0112. The van der Waals surface area contributed by atoms with Crippen LogP contribution in [0.5, 0.6) is 0 Å². The number of unbranched alkanes of at least 4 members (excludes halogenated alkanes) is 29. The van der Waals surface area contributed by atoms with Crippen molar-refractivity contribution in [2.45, 2.75) is 251 Å². The van der Waals surface area contributed by atoms with Gasteiger partial charge in [0.2, 0.25) is 5.91 Å². The highest BCUT2D eigenvalue weighted by molar-refractivity contribution is 7.45. The van der Waals surface area contributed by atoms with Crippen LogP contribution in [0, 0.1) is 0 Å². The lowest BCUT2D eigenvalue weighted by atomic mass is 10.0. The van der Waals surface area contributed by atoms with Crippen LogP contribution in [0.2, 0.25) is 0 Å². The summed E-state index contributed by atoms with van der Waals surface area (Å²) in [4.78, 5) is 25.4. The number of phosphoric acid groups is 1. The molecular weight excluding hydrogens is 804 g/mol. The molecule has 0 aromatic rings. The van der Waals surface area contributed by atoms with Gasteiger partial charge in [0.1, 0.15) is 13.2 Å². The Balaban J connectivity index is 4.35. The van der Waals surface area contributed by atoms with Crippen molar-refractivity contribution in [2.24, 2.45) is 0 Å². The van der Waals surface area contributed by atoms with Crippen LogP contribution in [0.25, 0.3) is 0 Å². The molecule has 0 aliphatic carbocycles. The number of hydrogen-bond donors (Lipinski definition) is 2. The van der Waals surface area contributed by atoms with Gasteiger partial charge >= 0.3 is 0 Å². The van der Waals surface area contributed by atoms with Crippen molar-refractivity contribution < 1.29 is 32.9 Å². The minimum Gasteiger partial charge on any atom is -0.756 e. The number of phosphoric ester groups is 1. The maximum atomic E-state index is 12.9. The highest BCUT2D eigenvalue weighted by Crippen LogP contribution is 2.38. The topological polar surface area (TPSA) is 108 Å². The van der Waals surface area contributed by atoms with Crippen molar-refractivity contribution in [1.82, 2.24) is 5.32 Å². The zero-order chi connectivity index (χ0) is 46.4. The molecule has 8 nitrogen and oxygen atoms in total. The Morgan fingerprint density at radius 2 is 0.889 bits per heavy atom. The zero-order valence-electron chi connectivity index (χ0n) is 42.0. The smallest absolute Gasteiger partial charge is 0.268 e. The first-order valence-electron chi connectivity index (χ1n) is 26.5. The monoisotopic (exact) mass is 907 g/mol. The molecule has 370 valence electrons. The Morgan fingerprint density at radius 1 is 0.540 bits per heavy atom. The Hall–Kier alpha value is -1.54. The van der Waals surface area contributed by atoms with Crippen LogP contribution in [0.15, 0.2) is 48.6 Å². The molecule has 0 saturated carbocycles. The summed E-state index contributed by atoms with van der Waals surface area (Å²) < 4.78 is 23.3. The summed E-state index contributed by atoms with van der Waals surface area (Å²) >= 11 is 0. The molecule has 1 amide bonds. The van der Waals surface area contributed by atoms with Crippen molar-refractivity contribution in [3.8, 4) is 0 Å². The lowest BCUT2D eigenvalue weighted by molar-refractivity contribution is -0.870. The molecule has 9 heteroatoms. The number of carbonyl (C=O) groups excluding carboxylic acids is 1. The number of hydrogen-bond acceptors (Lipinski definition) is 6. The maximum Gasteiger partial charge on any atom is 0.268 e. The molecule has 0 saturated heterocycles. The third-order valence-corrected chi connectivity index (χ3v) is 12.7. The van der Waals surface area contributed by atoms with E-state index in [2.05, 4.69) is 55.6 Å². The fraction of sp³-hybridized carbons (Fsp3) is 0.833. The zero-order valence-corrected chi connectivity index (χ0v) is 42.9. The van der Waals surface area contributed by atoms with Gasteiger partial charge in [0.25, 0.3) is 7.82 Å². The van der Waals surface area contributed by atoms with Gasteiger partial charge in [-0.15, -0.1) is 0 Å². The standard InChI is InChI=1S/C54H103N2O6P/c1-6-8-10-12-14-16-18-20-22-24-25-26-27-28-29-30-31-32-33-35-37-39-41-43-45-47-53(57)52(51-62-63(59,60)61-50-49-56(3,4)5)55-54(58)48-46-44-42-40-38-36-34-23-21-19-17-15-13-11-9-7-2/h23,31-32,34,37,39,45,47,52-53,57H,6-22,24-30,33,35-36,38,40-44,46,48-51H2,1-5H3,(H-,55,58,59,60)/b32-31+,34-23-,39-37+,47-45+. The van der Waals surface area contributed by atoms with Crippen LogP contribution >= 0.6 is 7.82 Å². The van der Waals surface area contributed by atoms with E-state index in [0.29, 0.717) is 17.4 Å². The molecule has 0 aromatic carbocycles. The Kier molecular flexibility index (Phi) is 44.5. The van der Waals surface area contributed by atoms with Gasteiger partial charge in [-0.05, 0) is 70.6 Å². The van der Waals surface area contributed by atoms with E-state index in [0.717, 1.165) is 64.2 Å². The number of nitrogens with zero attached hydrogens (tertiary/aromatic N) is 1. The number of aliphatic hydroxyl groups is 1. The van der Waals surface area contributed by atoms with Gasteiger partial charge in [-0.1, -0.05) is 210 Å². The number of quaternary nitrogens is 1. The largest absolute Gasteiger partial charge is 0.756 e. The van der Waals surface area contributed by atoms with Gasteiger partial charge in [-0.3, -0.25) is 9.36 Å². The molecule has 0 bridgehead atoms. The average Bonchev–Trinajstić information content (AvgIpc) is 3.24. The molecule has 0 rings (SSSR count). The van der Waals surface area contributed by atoms with Crippen molar-refractivity contribution >= 4 is 13.7 Å². The summed E-state index contributed by atoms with van der Waals surface area (Å²) in [7, 11) is 1.23. The van der Waals surface area contributed by atoms with Crippen molar-refractivity contribution in [2.75, 3.05) is 40.9 Å². The average molecular weight is 907 g/mol. The molecule has 3 unspecified atom stereocenters. The molecule has 0 radical (unpaired) electrons. The predicted molar refractivity (Wildman–Crippen MR) is 270 cm³/mol. The van der Waals surface area contributed by atoms with E-state index in [4.69, 9.17) is 9.05 Å². The van der Waals surface area contributed by atoms with Gasteiger partial charge in [-0.2, -0.15) is 0 Å². The van der Waals surface area contributed by atoms with Crippen molar-refractivity contribution in [1.29, 1.82) is 0 Å². The third-order valence-electron chi connectivity index (χ3n) is 11.7. The highest BCUT2D eigenvalue weighted by atomic mass is 31.2. The first-order chi connectivity index (χ1) is 30.5. The molecule has 2 N–H and O–H groups in total. The fourth-order valence-corrected chi connectivity index (χ4v) is 8.26. The molecule has 63 heavy (non-hydrogen) atoms. The second-order valence-electron chi connectivity index (χ2n) is 19.2. The number of rotatable bonds is 48. The second kappa shape index (κ2) is 45.6. The Bertz CT molecular complexity index is 1170. The highest BCUT2D eigenvalue weighted by Gasteiger charge is 2.23. The van der Waals surface area contributed by atoms with E-state index in [1.807, 2.05) is 27.2 Å². The van der Waals surface area contributed by atoms with Crippen molar-refractivity contribution in [3.63, 3.8) is 0 Å². The predicted octanol–water partition coefficient (Wildman–Crippen LogP) is 15.0. The molecule has 0 aromatic heterocycles. The molecule has 0 aliphatic rings. The van der Waals surface area contributed by atoms with Crippen LogP contribution in [0.1, 0.15) is 239 Å². The number of likely N-dealkylation sites (N-methyl/N-ethyl adjacent to an activating group) is 1. The van der Waals surface area contributed by atoms with Gasteiger partial charge in [0.15, 0.2) is 0 Å². The van der Waals surface area contributed by atoms with E-state index >= 15 is 0 Å². The maximum absolute atomic E-state index is 12.9. The van der Waals surface area contributed by atoms with E-state index in [-0.39, 0.29) is 12.5 Å². The fourth-order valence-electron chi connectivity index (χ4n) is 7.53. The minimum atomic E-state index is -4.61. The molecule has 0 heterocycles. The molecular formula is C54H103N2O6P. The molecule has 3 atom stereocenters. The molecule has 0 spiro atoms. The Morgan fingerprint density at radius 3 is 1.29 bits per heavy atom. The Labute approximate surface area is 390 Å². The summed E-state index contributed by atoms with van der Waals surface area (Å²) in [6, 6.07) is -0.914. The van der Waals surface area contributed by atoms with Crippen LogP contribution in [-0.4, -0.2) is 68.5 Å². The summed E-state index contributed by atoms with van der Waals surface area (Å²) in [5.74, 6) is -0.220. The first kappa shape index (κ1) is 61.5. The molecule has 0 aliphatic heterocycles. The SMILES string of the molecule is CCCCCCCCC/C=C\CCCCCCCC(=O)NC(COP(=O)([O-])OCC[N+](C)(C)C)C(O)/C=C/CC/C=C/CC/C=C/CCCCCCCCCCCCCCCCC. The number of aliphatic hydroxyl groups excluding tert-OH is 1. The summed E-state index contributed by atoms with van der Waals surface area (Å²) in [5, 5.41) is 13.8. The number of allylic oxidation sites excluding steroid dienone is 7. The number of amides is 1. The number of nitrogens with one attached hydrogen (secondary N) is 1. The van der Waals surface area contributed by atoms with Gasteiger partial charge in [-0.25, -0.2) is 0 Å². The summed E-state index contributed by atoms with van der Waals surface area (Å²) in [5.41, 5.74) is 0. The van der Waals surface area contributed by atoms with E-state index in [1.54, 1.807) is 6.08 Å². The van der Waals surface area contributed by atoms with E-state index < -0.39 is 26.6 Å². The number of carbonyl (C=O) groups is 1. The molecule has 0 fully saturated rings. The lowest BCUT2D eigenvalue weighted by Crippen LogP contribution is -2.45. The van der Waals surface area contributed by atoms with Crippen molar-refractivity contribution in [3.05, 3.63) is 48.6 Å². The second-order valence-corrected chi connectivity index (χ2v) is 20.6. The van der Waals surface area contributed by atoms with Gasteiger partial charge in [0.05, 0.1) is 39.9 Å². The third kappa shape index (κ3) is 48.2. The van der Waals surface area contributed by atoms with Crippen LogP contribution in [-0.2, 0) is 18.4 Å². The van der Waals surface area contributed by atoms with Gasteiger partial charge < -0.3 is 28.8 Å². The van der Waals surface area contributed by atoms with Crippen LogP contribution in [0.4, 0.5) is 0 Å². The van der Waals surface area contributed by atoms with Crippen LogP contribution in [0.3, 0.4) is 0 Å². The lowest BCUT2D eigenvalue weighted by Gasteiger charge is -2.29. The van der Waals surface area contributed by atoms with E-state index in [1.165, 1.54) is 154 Å². The quantitative estimate of drug-likeness (QED) is 0.0272. The summed E-state index contributed by atoms with van der Waals surface area (Å²) in [6.07, 6.45) is 59.0. The first-order valence-corrected chi connectivity index (χ1v) is 28.0. The normalized spacial score (nSPS) is 14.5. The van der Waals surface area contributed by atoms with Gasteiger partial charge in [0, 0.05) is 6.42 Å². The summed E-state index contributed by atoms with van der Waals surface area (Å²) in [6.45, 7) is 4.62. The van der Waals surface area contributed by atoms with Crippen LogP contribution < -0.4 is 10.2 Å². The van der Waals surface area contributed by atoms with E-state index in [9.17, 15) is 19.4 Å².